The Kier molecular flexibility index (Phi) is 10.5. The number of aliphatic carboxylic acids is 1. The summed E-state index contributed by atoms with van der Waals surface area (Å²) in [5, 5.41) is 9.20. The first-order chi connectivity index (χ1) is 14.9. The molecular weight excluding hydrogens is 462 g/mol. The normalized spacial score (nSPS) is 11.7. The quantitative estimate of drug-likeness (QED) is 0.439. The van der Waals surface area contributed by atoms with Gasteiger partial charge in [0.25, 0.3) is 5.91 Å². The van der Waals surface area contributed by atoms with Gasteiger partial charge in [-0.05, 0) is 48.7 Å². The van der Waals surface area contributed by atoms with Crippen LogP contribution in [0.4, 0.5) is 0 Å². The first-order valence-electron chi connectivity index (χ1n) is 10.5. The van der Waals surface area contributed by atoms with Gasteiger partial charge < -0.3 is 19.5 Å². The second-order valence-electron chi connectivity index (χ2n) is 7.21. The van der Waals surface area contributed by atoms with Crippen LogP contribution in [0.15, 0.2) is 53.0 Å². The summed E-state index contributed by atoms with van der Waals surface area (Å²) in [5.41, 5.74) is 1.90. The predicted octanol–water partition coefficient (Wildman–Crippen LogP) is 4.69. The van der Waals surface area contributed by atoms with Gasteiger partial charge in [-0.25, -0.2) is 4.79 Å². The molecule has 0 aliphatic rings. The number of nitrogens with zero attached hydrogens (tertiary/aromatic N) is 1. The van der Waals surface area contributed by atoms with E-state index in [1.165, 1.54) is 0 Å². The fourth-order valence-electron chi connectivity index (χ4n) is 3.04. The van der Waals surface area contributed by atoms with Gasteiger partial charge in [0.05, 0.1) is 0 Å². The van der Waals surface area contributed by atoms with E-state index in [4.69, 9.17) is 9.47 Å². The highest BCUT2D eigenvalue weighted by Crippen LogP contribution is 2.16. The van der Waals surface area contributed by atoms with Crippen molar-refractivity contribution in [3.8, 4) is 5.75 Å². The highest BCUT2D eigenvalue weighted by atomic mass is 79.9. The third kappa shape index (κ3) is 8.71. The largest absolute Gasteiger partial charge is 0.484 e. The summed E-state index contributed by atoms with van der Waals surface area (Å²) in [6.45, 7) is 5.39. The number of ether oxygens (including phenoxy) is 2. The lowest BCUT2D eigenvalue weighted by atomic mass is 10.1. The molecule has 2 rings (SSSR count). The molecule has 0 heterocycles. The predicted molar refractivity (Wildman–Crippen MR) is 123 cm³/mol. The number of hydrogen-bond donors (Lipinski definition) is 1. The molecule has 0 bridgehead atoms. The lowest BCUT2D eigenvalue weighted by Gasteiger charge is -2.23. The molecule has 1 amide bonds. The molecule has 0 aliphatic heterocycles. The minimum atomic E-state index is -0.981. The molecule has 2 aromatic carbocycles. The van der Waals surface area contributed by atoms with Crippen molar-refractivity contribution in [2.45, 2.75) is 45.8 Å². The van der Waals surface area contributed by atoms with Gasteiger partial charge in [-0.1, -0.05) is 53.5 Å². The van der Waals surface area contributed by atoms with Crippen molar-refractivity contribution in [3.05, 3.63) is 64.1 Å². The average Bonchev–Trinajstić information content (AvgIpc) is 2.76. The number of carbonyl (C=O) groups is 2. The Bertz CT molecular complexity index is 823. The van der Waals surface area contributed by atoms with Gasteiger partial charge in [-0.3, -0.25) is 4.79 Å². The van der Waals surface area contributed by atoms with Crippen LogP contribution < -0.4 is 4.74 Å². The number of carboxylic acids is 1. The molecule has 0 spiro atoms. The molecule has 0 radical (unpaired) electrons. The van der Waals surface area contributed by atoms with E-state index < -0.39 is 12.1 Å². The van der Waals surface area contributed by atoms with Gasteiger partial charge in [0.15, 0.2) is 12.7 Å². The summed E-state index contributed by atoms with van der Waals surface area (Å²) < 4.78 is 11.9. The van der Waals surface area contributed by atoms with Gasteiger partial charge >= 0.3 is 5.97 Å². The van der Waals surface area contributed by atoms with Crippen molar-refractivity contribution in [1.29, 1.82) is 0 Å². The standard InChI is InChI=1S/C24H30BrNO5/c1-3-5-14-26(16-19-6-10-20(25)11-7-19)23(27)17-31-21-12-8-18(9-13-21)15-22(24(28)29)30-4-2/h6-13,22H,3-5,14-17H2,1-2H3,(H,28,29)/t22-/m0/s1. The van der Waals surface area contributed by atoms with Crippen LogP contribution in [-0.2, 0) is 27.3 Å². The van der Waals surface area contributed by atoms with E-state index in [-0.39, 0.29) is 18.9 Å². The maximum absolute atomic E-state index is 12.8. The number of rotatable bonds is 13. The third-order valence-corrected chi connectivity index (χ3v) is 5.30. The summed E-state index contributed by atoms with van der Waals surface area (Å²) in [6, 6.07) is 15.0. The minimum Gasteiger partial charge on any atom is -0.484 e. The van der Waals surface area contributed by atoms with Crippen LogP contribution in [0.5, 0.6) is 5.75 Å². The van der Waals surface area contributed by atoms with Crippen molar-refractivity contribution in [1.82, 2.24) is 4.90 Å². The second kappa shape index (κ2) is 13.1. The van der Waals surface area contributed by atoms with E-state index in [1.54, 1.807) is 31.2 Å². The first kappa shape index (κ1) is 24.9. The van der Waals surface area contributed by atoms with Crippen LogP contribution >= 0.6 is 15.9 Å². The fraction of sp³-hybridized carbons (Fsp3) is 0.417. The van der Waals surface area contributed by atoms with Crippen molar-refractivity contribution >= 4 is 27.8 Å². The van der Waals surface area contributed by atoms with Crippen LogP contribution in [0, 0.1) is 0 Å². The summed E-state index contributed by atoms with van der Waals surface area (Å²) in [7, 11) is 0. The van der Waals surface area contributed by atoms with Gasteiger partial charge in [-0.2, -0.15) is 0 Å². The molecule has 0 aromatic heterocycles. The van der Waals surface area contributed by atoms with Crippen LogP contribution in [0.1, 0.15) is 37.8 Å². The van der Waals surface area contributed by atoms with Crippen LogP contribution in [-0.4, -0.2) is 47.7 Å². The van der Waals surface area contributed by atoms with Crippen LogP contribution in [0.25, 0.3) is 0 Å². The van der Waals surface area contributed by atoms with E-state index in [0.717, 1.165) is 28.4 Å². The molecule has 0 unspecified atom stereocenters. The fourth-order valence-corrected chi connectivity index (χ4v) is 3.31. The number of hydrogen-bond acceptors (Lipinski definition) is 4. The van der Waals surface area contributed by atoms with E-state index >= 15 is 0 Å². The van der Waals surface area contributed by atoms with Crippen LogP contribution in [0.3, 0.4) is 0 Å². The monoisotopic (exact) mass is 491 g/mol. The topological polar surface area (TPSA) is 76.1 Å². The number of carboxylic acid groups (broad SMARTS) is 1. The molecular formula is C24H30BrNO5. The zero-order valence-electron chi connectivity index (χ0n) is 18.1. The highest BCUT2D eigenvalue weighted by molar-refractivity contribution is 9.10. The number of unbranched alkanes of at least 4 members (excludes halogenated alkanes) is 1. The zero-order valence-corrected chi connectivity index (χ0v) is 19.6. The average molecular weight is 492 g/mol. The smallest absolute Gasteiger partial charge is 0.333 e. The molecule has 0 saturated heterocycles. The van der Waals surface area contributed by atoms with Gasteiger partial charge in [0.2, 0.25) is 0 Å². The molecule has 1 atom stereocenters. The summed E-state index contributed by atoms with van der Waals surface area (Å²) in [6.07, 6.45) is 1.34. The van der Waals surface area contributed by atoms with Gasteiger partial charge in [0.1, 0.15) is 5.75 Å². The van der Waals surface area contributed by atoms with E-state index in [9.17, 15) is 14.7 Å². The van der Waals surface area contributed by atoms with Crippen molar-refractivity contribution < 1.29 is 24.2 Å². The number of benzene rings is 2. The maximum atomic E-state index is 12.8. The number of amides is 1. The lowest BCUT2D eigenvalue weighted by molar-refractivity contribution is -0.150. The third-order valence-electron chi connectivity index (χ3n) is 4.77. The van der Waals surface area contributed by atoms with Gasteiger partial charge in [-0.15, -0.1) is 0 Å². The van der Waals surface area contributed by atoms with E-state index in [2.05, 4.69) is 22.9 Å². The zero-order chi connectivity index (χ0) is 22.6. The first-order valence-corrected chi connectivity index (χ1v) is 11.3. The van der Waals surface area contributed by atoms with E-state index in [0.29, 0.717) is 25.4 Å². The molecule has 2 aromatic rings. The number of carbonyl (C=O) groups excluding carboxylic acids is 1. The Balaban J connectivity index is 1.93. The molecule has 0 saturated carbocycles. The number of halogens is 1. The lowest BCUT2D eigenvalue weighted by Crippen LogP contribution is -2.35. The Morgan fingerprint density at radius 3 is 2.26 bits per heavy atom. The molecule has 0 aliphatic carbocycles. The molecule has 6 nitrogen and oxygen atoms in total. The van der Waals surface area contributed by atoms with Crippen molar-refractivity contribution in [2.75, 3.05) is 19.8 Å². The molecule has 0 fully saturated rings. The summed E-state index contributed by atoms with van der Waals surface area (Å²) in [5.74, 6) is -0.479. The van der Waals surface area contributed by atoms with Crippen LogP contribution in [0.2, 0.25) is 0 Å². The molecule has 7 heteroatoms. The van der Waals surface area contributed by atoms with Crippen molar-refractivity contribution in [2.24, 2.45) is 0 Å². The minimum absolute atomic E-state index is 0.0454. The van der Waals surface area contributed by atoms with Crippen molar-refractivity contribution in [3.63, 3.8) is 0 Å². The molecule has 31 heavy (non-hydrogen) atoms. The summed E-state index contributed by atoms with van der Waals surface area (Å²) in [4.78, 5) is 25.8. The molecule has 168 valence electrons. The van der Waals surface area contributed by atoms with Gasteiger partial charge in [0, 0.05) is 30.6 Å². The Morgan fingerprint density at radius 2 is 1.68 bits per heavy atom. The second-order valence-corrected chi connectivity index (χ2v) is 8.13. The Morgan fingerprint density at radius 1 is 1.03 bits per heavy atom. The molecule has 1 N–H and O–H groups in total. The SMILES string of the molecule is CCCCN(Cc1ccc(Br)cc1)C(=O)COc1ccc(C[C@H](OCC)C(=O)O)cc1. The highest BCUT2D eigenvalue weighted by Gasteiger charge is 2.18. The maximum Gasteiger partial charge on any atom is 0.333 e. The Hall–Kier alpha value is -2.38. The Labute approximate surface area is 192 Å². The summed E-state index contributed by atoms with van der Waals surface area (Å²) >= 11 is 3.43. The van der Waals surface area contributed by atoms with E-state index in [1.807, 2.05) is 29.2 Å².